The average molecular weight is 716 g/mol. The minimum atomic E-state index is 1.20. The summed E-state index contributed by atoms with van der Waals surface area (Å²) >= 11 is 1.84. The van der Waals surface area contributed by atoms with Crippen molar-refractivity contribution in [2.75, 3.05) is 0 Å². The highest BCUT2D eigenvalue weighted by atomic mass is 32.1. The van der Waals surface area contributed by atoms with E-state index in [9.17, 15) is 0 Å². The van der Waals surface area contributed by atoms with E-state index in [2.05, 4.69) is 193 Å². The Bertz CT molecular complexity index is 3240. The van der Waals surface area contributed by atoms with Gasteiger partial charge < -0.3 is 0 Å². The summed E-state index contributed by atoms with van der Waals surface area (Å²) in [5.41, 5.74) is 12.2. The average Bonchev–Trinajstić information content (AvgIpc) is 3.66. The third-order valence-electron chi connectivity index (χ3n) is 11.1. The Morgan fingerprint density at radius 3 is 1.25 bits per heavy atom. The lowest BCUT2D eigenvalue weighted by Crippen LogP contribution is -1.86. The second-order valence-electron chi connectivity index (χ2n) is 14.3. The van der Waals surface area contributed by atoms with Crippen LogP contribution in [0.2, 0.25) is 0 Å². The molecule has 9 aromatic carbocycles. The first-order valence-electron chi connectivity index (χ1n) is 18.8. The Hall–Kier alpha value is -6.87. The lowest BCUT2D eigenvalue weighted by Gasteiger charge is -2.13. The van der Waals surface area contributed by atoms with E-state index in [4.69, 9.17) is 0 Å². The summed E-state index contributed by atoms with van der Waals surface area (Å²) < 4.78 is 2.58. The normalized spacial score (nSPS) is 11.6. The Labute approximate surface area is 323 Å². The maximum atomic E-state index is 4.40. The van der Waals surface area contributed by atoms with Gasteiger partial charge in [0.1, 0.15) is 0 Å². The second kappa shape index (κ2) is 12.9. The highest BCUT2D eigenvalue weighted by Crippen LogP contribution is 2.41. The first-order chi connectivity index (χ1) is 27.2. The summed E-state index contributed by atoms with van der Waals surface area (Å²) in [6, 6.07) is 69.1. The van der Waals surface area contributed by atoms with Gasteiger partial charge in [-0.25, -0.2) is 0 Å². The molecule has 0 amide bonds. The quantitative estimate of drug-likeness (QED) is 0.162. The van der Waals surface area contributed by atoms with E-state index in [-0.39, 0.29) is 0 Å². The second-order valence-corrected chi connectivity index (χ2v) is 15.4. The van der Waals surface area contributed by atoms with Crippen molar-refractivity contribution in [3.63, 3.8) is 0 Å². The van der Waals surface area contributed by atoms with E-state index in [1.807, 2.05) is 23.7 Å². The van der Waals surface area contributed by atoms with Gasteiger partial charge in [-0.3, -0.25) is 4.98 Å². The molecular formula is C53H33NS. The third-order valence-corrected chi connectivity index (χ3v) is 12.4. The summed E-state index contributed by atoms with van der Waals surface area (Å²) in [4.78, 5) is 4.40. The van der Waals surface area contributed by atoms with Crippen LogP contribution < -0.4 is 0 Å². The molecular weight excluding hydrogens is 683 g/mol. The lowest BCUT2D eigenvalue weighted by molar-refractivity contribution is 1.37. The zero-order valence-corrected chi connectivity index (χ0v) is 30.7. The summed E-state index contributed by atoms with van der Waals surface area (Å²) in [6.45, 7) is 0. The van der Waals surface area contributed by atoms with Crippen molar-refractivity contribution >= 4 is 63.8 Å². The van der Waals surface area contributed by atoms with Crippen LogP contribution >= 0.6 is 11.3 Å². The Balaban J connectivity index is 0.936. The van der Waals surface area contributed by atoms with Crippen molar-refractivity contribution in [3.05, 3.63) is 200 Å². The van der Waals surface area contributed by atoms with Crippen molar-refractivity contribution in [2.24, 2.45) is 0 Å². The maximum absolute atomic E-state index is 4.40. The highest BCUT2D eigenvalue weighted by molar-refractivity contribution is 7.26. The predicted octanol–water partition coefficient (Wildman–Crippen LogP) is 15.2. The number of rotatable bonds is 5. The van der Waals surface area contributed by atoms with Gasteiger partial charge in [-0.2, -0.15) is 0 Å². The summed E-state index contributed by atoms with van der Waals surface area (Å²) in [5.74, 6) is 0. The SMILES string of the molecule is c1cc(-c2cccc(-c3cccc(-c4cccc5c4sc4ccncc45)c3)c2)cc(-c2cccc(-c3ccc4c5ccccc5c5ccccc5c4c3)c2)c1. The predicted molar refractivity (Wildman–Crippen MR) is 237 cm³/mol. The van der Waals surface area contributed by atoms with Gasteiger partial charge in [0.05, 0.1) is 0 Å². The molecule has 2 heterocycles. The minimum Gasteiger partial charge on any atom is -0.264 e. The molecule has 0 aliphatic rings. The molecule has 0 unspecified atom stereocenters. The fourth-order valence-corrected chi connectivity index (χ4v) is 9.66. The van der Waals surface area contributed by atoms with Crippen molar-refractivity contribution in [2.45, 2.75) is 0 Å². The van der Waals surface area contributed by atoms with Crippen molar-refractivity contribution in [1.82, 2.24) is 4.98 Å². The van der Waals surface area contributed by atoms with E-state index < -0.39 is 0 Å². The Morgan fingerprint density at radius 1 is 0.291 bits per heavy atom. The molecule has 1 nitrogen and oxygen atoms in total. The summed E-state index contributed by atoms with van der Waals surface area (Å²) in [6.07, 6.45) is 3.87. The van der Waals surface area contributed by atoms with Crippen molar-refractivity contribution in [1.29, 1.82) is 0 Å². The molecule has 0 aliphatic heterocycles. The third kappa shape index (κ3) is 5.42. The number of fused-ring (bicyclic) bond motifs is 9. The molecule has 0 N–H and O–H groups in total. The molecule has 11 rings (SSSR count). The monoisotopic (exact) mass is 715 g/mol. The van der Waals surface area contributed by atoms with Crippen LogP contribution in [0, 0.1) is 0 Å². The molecule has 2 aromatic heterocycles. The summed E-state index contributed by atoms with van der Waals surface area (Å²) in [7, 11) is 0. The first kappa shape index (κ1) is 31.6. The van der Waals surface area contributed by atoms with Crippen LogP contribution in [0.25, 0.3) is 108 Å². The Kier molecular flexibility index (Phi) is 7.43. The van der Waals surface area contributed by atoms with Crippen LogP contribution in [0.5, 0.6) is 0 Å². The Morgan fingerprint density at radius 2 is 0.709 bits per heavy atom. The summed E-state index contributed by atoms with van der Waals surface area (Å²) in [5, 5.41) is 10.3. The zero-order chi connectivity index (χ0) is 36.3. The van der Waals surface area contributed by atoms with E-state index >= 15 is 0 Å². The van der Waals surface area contributed by atoms with Gasteiger partial charge in [0, 0.05) is 32.6 Å². The van der Waals surface area contributed by atoms with Crippen molar-refractivity contribution < 1.29 is 0 Å². The molecule has 0 spiro atoms. The smallest absolute Gasteiger partial charge is 0.0434 e. The number of thiophene rings is 1. The number of benzene rings is 9. The molecule has 55 heavy (non-hydrogen) atoms. The van der Waals surface area contributed by atoms with E-state index in [1.54, 1.807) is 0 Å². The number of hydrogen-bond donors (Lipinski definition) is 0. The van der Waals surface area contributed by atoms with Crippen LogP contribution in [0.4, 0.5) is 0 Å². The molecule has 11 aromatic rings. The number of hydrogen-bond acceptors (Lipinski definition) is 2. The topological polar surface area (TPSA) is 12.9 Å². The van der Waals surface area contributed by atoms with E-state index in [1.165, 1.54) is 108 Å². The molecule has 0 saturated heterocycles. The molecule has 0 fully saturated rings. The molecule has 2 heteroatoms. The molecule has 0 radical (unpaired) electrons. The van der Waals surface area contributed by atoms with Crippen LogP contribution in [-0.2, 0) is 0 Å². The van der Waals surface area contributed by atoms with Crippen LogP contribution in [0.3, 0.4) is 0 Å². The van der Waals surface area contributed by atoms with E-state index in [0.717, 1.165) is 0 Å². The zero-order valence-electron chi connectivity index (χ0n) is 29.9. The van der Waals surface area contributed by atoms with Crippen LogP contribution in [-0.4, -0.2) is 4.98 Å². The first-order valence-corrected chi connectivity index (χ1v) is 19.6. The molecule has 0 bridgehead atoms. The number of pyridine rings is 1. The number of nitrogens with zero attached hydrogens (tertiary/aromatic N) is 1. The standard InChI is InChI=1S/C53H33NS/c1-2-20-46-44(18-1)45-19-3-4-21-47(45)50-32-41(24-25-48(46)50)39-15-7-13-37(30-39)35-11-5-10-34(28-35)36-12-6-14-38(29-36)40-16-8-17-42(31-40)43-22-9-23-49-51-33-54-27-26-52(51)55-53(43)49/h1-33H. The van der Waals surface area contributed by atoms with Crippen molar-refractivity contribution in [3.8, 4) is 55.6 Å². The van der Waals surface area contributed by atoms with Crippen LogP contribution in [0.1, 0.15) is 0 Å². The molecule has 0 atom stereocenters. The highest BCUT2D eigenvalue weighted by Gasteiger charge is 2.13. The molecule has 0 saturated carbocycles. The largest absolute Gasteiger partial charge is 0.264 e. The lowest BCUT2D eigenvalue weighted by atomic mass is 9.91. The minimum absolute atomic E-state index is 1.20. The maximum Gasteiger partial charge on any atom is 0.0434 e. The van der Waals surface area contributed by atoms with Gasteiger partial charge in [0.25, 0.3) is 0 Å². The van der Waals surface area contributed by atoms with Crippen LogP contribution in [0.15, 0.2) is 200 Å². The van der Waals surface area contributed by atoms with Gasteiger partial charge in [-0.15, -0.1) is 11.3 Å². The fraction of sp³-hybridized carbons (Fsp3) is 0. The molecule has 256 valence electrons. The molecule has 0 aliphatic carbocycles. The van der Waals surface area contributed by atoms with Gasteiger partial charge in [0.15, 0.2) is 0 Å². The van der Waals surface area contributed by atoms with Gasteiger partial charge >= 0.3 is 0 Å². The fourth-order valence-electron chi connectivity index (χ4n) is 8.46. The van der Waals surface area contributed by atoms with Gasteiger partial charge in [-0.05, 0) is 124 Å². The van der Waals surface area contributed by atoms with E-state index in [0.29, 0.717) is 0 Å². The van der Waals surface area contributed by atoms with Gasteiger partial charge in [-0.1, -0.05) is 152 Å². The number of aromatic nitrogens is 1. The van der Waals surface area contributed by atoms with Gasteiger partial charge in [0.2, 0.25) is 0 Å².